The van der Waals surface area contributed by atoms with E-state index in [0.29, 0.717) is 30.3 Å². The van der Waals surface area contributed by atoms with Crippen molar-refractivity contribution in [2.24, 2.45) is 0 Å². The van der Waals surface area contributed by atoms with Crippen molar-refractivity contribution in [2.75, 3.05) is 29.8 Å². The lowest BCUT2D eigenvalue weighted by molar-refractivity contribution is -0.119. The number of anilines is 1. The van der Waals surface area contributed by atoms with Crippen molar-refractivity contribution in [1.82, 2.24) is 5.32 Å². The first kappa shape index (κ1) is 25.6. The summed E-state index contributed by atoms with van der Waals surface area (Å²) < 4.78 is 46.4. The van der Waals surface area contributed by atoms with Crippen LogP contribution >= 0.6 is 11.8 Å². The fraction of sp³-hybridized carbons (Fsp3) is 0.240. The molecule has 0 unspecified atom stereocenters. The monoisotopic (exact) mass is 502 g/mol. The molecule has 0 heterocycles. The highest BCUT2D eigenvalue weighted by molar-refractivity contribution is 7.99. The lowest BCUT2D eigenvalue weighted by Crippen LogP contribution is -2.41. The first-order valence-electron chi connectivity index (χ1n) is 10.8. The lowest BCUT2D eigenvalue weighted by Gasteiger charge is -2.24. The van der Waals surface area contributed by atoms with Gasteiger partial charge in [0.05, 0.1) is 17.2 Å². The fourth-order valence-electron chi connectivity index (χ4n) is 3.10. The normalized spacial score (nSPS) is 11.1. The van der Waals surface area contributed by atoms with Crippen LogP contribution in [-0.2, 0) is 14.8 Å². The summed E-state index contributed by atoms with van der Waals surface area (Å²) in [5.41, 5.74) is 1.48. The molecule has 9 heteroatoms. The number of ether oxygens (including phenoxy) is 1. The summed E-state index contributed by atoms with van der Waals surface area (Å²) in [7, 11) is -4.11. The van der Waals surface area contributed by atoms with E-state index in [1.165, 1.54) is 17.7 Å². The summed E-state index contributed by atoms with van der Waals surface area (Å²) in [6, 6.07) is 19.0. The second kappa shape index (κ2) is 11.9. The molecule has 0 aliphatic heterocycles. The molecule has 3 aromatic carbocycles. The van der Waals surface area contributed by atoms with Crippen molar-refractivity contribution < 1.29 is 22.3 Å². The van der Waals surface area contributed by atoms with Gasteiger partial charge in [-0.1, -0.05) is 17.7 Å². The molecule has 0 aliphatic rings. The molecule has 0 saturated carbocycles. The third kappa shape index (κ3) is 6.98. The standard InChI is InChI=1S/C25H27FN2O4S2/c1-3-32-22-10-8-21(9-11-22)28(34(30,31)24-14-6-20(26)7-15-24)18-25(29)27-16-17-33-23-12-4-19(2)5-13-23/h4-15H,3,16-18H2,1-2H3,(H,27,29). The highest BCUT2D eigenvalue weighted by Crippen LogP contribution is 2.26. The van der Waals surface area contributed by atoms with Crippen molar-refractivity contribution in [3.05, 3.63) is 84.2 Å². The summed E-state index contributed by atoms with van der Waals surface area (Å²) in [5.74, 6) is 0.241. The van der Waals surface area contributed by atoms with E-state index in [1.54, 1.807) is 36.0 Å². The van der Waals surface area contributed by atoms with Crippen LogP contribution in [0.15, 0.2) is 82.6 Å². The number of carbonyl (C=O) groups is 1. The van der Waals surface area contributed by atoms with Gasteiger partial charge in [-0.05, 0) is 74.5 Å². The van der Waals surface area contributed by atoms with E-state index in [2.05, 4.69) is 5.32 Å². The van der Waals surface area contributed by atoms with Gasteiger partial charge in [-0.3, -0.25) is 9.10 Å². The Morgan fingerprint density at radius 3 is 2.26 bits per heavy atom. The maximum absolute atomic E-state index is 13.4. The van der Waals surface area contributed by atoms with Crippen LogP contribution in [0.25, 0.3) is 0 Å². The van der Waals surface area contributed by atoms with Crippen LogP contribution in [0.2, 0.25) is 0 Å². The Morgan fingerprint density at radius 1 is 1.00 bits per heavy atom. The number of amides is 1. The molecule has 1 N–H and O–H groups in total. The van der Waals surface area contributed by atoms with Crippen LogP contribution in [0.4, 0.5) is 10.1 Å². The van der Waals surface area contributed by atoms with E-state index in [9.17, 15) is 17.6 Å². The van der Waals surface area contributed by atoms with Gasteiger partial charge < -0.3 is 10.1 Å². The Kier molecular flexibility index (Phi) is 8.95. The summed E-state index contributed by atoms with van der Waals surface area (Å²) >= 11 is 1.60. The van der Waals surface area contributed by atoms with Gasteiger partial charge in [-0.2, -0.15) is 0 Å². The molecule has 1 amide bonds. The van der Waals surface area contributed by atoms with Gasteiger partial charge in [0.2, 0.25) is 5.91 Å². The number of halogens is 1. The van der Waals surface area contributed by atoms with Gasteiger partial charge in [-0.25, -0.2) is 12.8 Å². The number of nitrogens with zero attached hydrogens (tertiary/aromatic N) is 1. The number of hydrogen-bond acceptors (Lipinski definition) is 5. The molecule has 0 spiro atoms. The number of benzene rings is 3. The topological polar surface area (TPSA) is 75.7 Å². The molecule has 0 bridgehead atoms. The summed E-state index contributed by atoms with van der Waals surface area (Å²) in [5, 5.41) is 2.78. The lowest BCUT2D eigenvalue weighted by atomic mass is 10.2. The van der Waals surface area contributed by atoms with Crippen LogP contribution in [0.1, 0.15) is 12.5 Å². The fourth-order valence-corrected chi connectivity index (χ4v) is 5.29. The molecule has 0 fully saturated rings. The minimum Gasteiger partial charge on any atom is -0.494 e. The number of sulfonamides is 1. The molecule has 0 radical (unpaired) electrons. The summed E-state index contributed by atoms with van der Waals surface area (Å²) in [4.78, 5) is 13.7. The van der Waals surface area contributed by atoms with Crippen LogP contribution in [0.3, 0.4) is 0 Å². The quantitative estimate of drug-likeness (QED) is 0.306. The highest BCUT2D eigenvalue weighted by Gasteiger charge is 2.27. The van der Waals surface area contributed by atoms with Gasteiger partial charge in [0.15, 0.2) is 0 Å². The minimum atomic E-state index is -4.11. The molecule has 3 rings (SSSR count). The average Bonchev–Trinajstić information content (AvgIpc) is 2.82. The molecule has 6 nitrogen and oxygen atoms in total. The maximum Gasteiger partial charge on any atom is 0.264 e. The molecule has 34 heavy (non-hydrogen) atoms. The van der Waals surface area contributed by atoms with Crippen molar-refractivity contribution in [3.63, 3.8) is 0 Å². The van der Waals surface area contributed by atoms with E-state index < -0.39 is 28.3 Å². The van der Waals surface area contributed by atoms with E-state index in [0.717, 1.165) is 21.3 Å². The summed E-state index contributed by atoms with van der Waals surface area (Å²) in [6.07, 6.45) is 0. The predicted octanol–water partition coefficient (Wildman–Crippen LogP) is 4.64. The second-order valence-electron chi connectivity index (χ2n) is 7.40. The van der Waals surface area contributed by atoms with Crippen LogP contribution < -0.4 is 14.4 Å². The van der Waals surface area contributed by atoms with Gasteiger partial charge >= 0.3 is 0 Å². The Balaban J connectivity index is 1.71. The number of nitrogens with one attached hydrogen (secondary N) is 1. The number of thioether (sulfide) groups is 1. The highest BCUT2D eigenvalue weighted by atomic mass is 32.2. The van der Waals surface area contributed by atoms with Crippen molar-refractivity contribution in [3.8, 4) is 5.75 Å². The van der Waals surface area contributed by atoms with Crippen LogP contribution in [0, 0.1) is 12.7 Å². The Bertz CT molecular complexity index is 1180. The SMILES string of the molecule is CCOc1ccc(N(CC(=O)NCCSc2ccc(C)cc2)S(=O)(=O)c2ccc(F)cc2)cc1. The predicted molar refractivity (Wildman–Crippen MR) is 133 cm³/mol. The van der Waals surface area contributed by atoms with Gasteiger partial charge in [0, 0.05) is 17.2 Å². The number of hydrogen-bond donors (Lipinski definition) is 1. The third-order valence-electron chi connectivity index (χ3n) is 4.84. The molecule has 0 saturated heterocycles. The van der Waals surface area contributed by atoms with E-state index in [-0.39, 0.29) is 4.90 Å². The zero-order chi connectivity index (χ0) is 24.6. The van der Waals surface area contributed by atoms with Crippen molar-refractivity contribution >= 4 is 33.4 Å². The third-order valence-corrected chi connectivity index (χ3v) is 7.64. The first-order chi connectivity index (χ1) is 16.3. The Hall–Kier alpha value is -3.04. The molecule has 0 aromatic heterocycles. The molecule has 180 valence electrons. The molecular formula is C25H27FN2O4S2. The zero-order valence-electron chi connectivity index (χ0n) is 19.0. The largest absolute Gasteiger partial charge is 0.494 e. The molecule has 0 aliphatic carbocycles. The molecule has 0 atom stereocenters. The Labute approximate surface area is 204 Å². The average molecular weight is 503 g/mol. The molecular weight excluding hydrogens is 475 g/mol. The number of rotatable bonds is 11. The smallest absolute Gasteiger partial charge is 0.264 e. The van der Waals surface area contributed by atoms with E-state index in [4.69, 9.17) is 4.74 Å². The van der Waals surface area contributed by atoms with E-state index >= 15 is 0 Å². The van der Waals surface area contributed by atoms with E-state index in [1.807, 2.05) is 38.1 Å². The van der Waals surface area contributed by atoms with Gasteiger partial charge in [0.1, 0.15) is 18.1 Å². The second-order valence-corrected chi connectivity index (χ2v) is 10.4. The van der Waals surface area contributed by atoms with Crippen LogP contribution in [0.5, 0.6) is 5.75 Å². The van der Waals surface area contributed by atoms with Crippen molar-refractivity contribution in [2.45, 2.75) is 23.6 Å². The van der Waals surface area contributed by atoms with Crippen molar-refractivity contribution in [1.29, 1.82) is 0 Å². The zero-order valence-corrected chi connectivity index (χ0v) is 20.7. The minimum absolute atomic E-state index is 0.106. The van der Waals surface area contributed by atoms with Crippen LogP contribution in [-0.4, -0.2) is 39.8 Å². The maximum atomic E-state index is 13.4. The Morgan fingerprint density at radius 2 is 1.65 bits per heavy atom. The first-order valence-corrected chi connectivity index (χ1v) is 13.2. The van der Waals surface area contributed by atoms with Gasteiger partial charge in [-0.15, -0.1) is 11.8 Å². The molecule has 3 aromatic rings. The van der Waals surface area contributed by atoms with Gasteiger partial charge in [0.25, 0.3) is 10.0 Å². The summed E-state index contributed by atoms with van der Waals surface area (Å²) in [6.45, 7) is 4.30. The number of carbonyl (C=O) groups excluding carboxylic acids is 1. The number of aryl methyl sites for hydroxylation is 1.